The highest BCUT2D eigenvalue weighted by atomic mass is 79.9. The molecule has 0 unspecified atom stereocenters. The van der Waals surface area contributed by atoms with E-state index in [0.717, 1.165) is 36.1 Å². The summed E-state index contributed by atoms with van der Waals surface area (Å²) in [7, 11) is 0. The molecule has 3 rings (SSSR count). The number of rotatable bonds is 5. The fourth-order valence-electron chi connectivity index (χ4n) is 3.16. The largest absolute Gasteiger partial charge is 0.348 e. The van der Waals surface area contributed by atoms with Gasteiger partial charge in [0.25, 0.3) is 5.91 Å². The standard InChI is InChI=1S/C16H24BrN3O/c1-2-7-19-8-5-13(6-9-19)18-16(21)15-10-12(17)11-20(15)14-3-4-14/h10-11,13-14H,2-9H2,1H3,(H,18,21). The summed E-state index contributed by atoms with van der Waals surface area (Å²) in [5.74, 6) is 0.0848. The molecule has 1 aromatic heterocycles. The molecule has 1 aliphatic carbocycles. The molecule has 2 heterocycles. The van der Waals surface area contributed by atoms with Gasteiger partial charge in [-0.05, 0) is 60.6 Å². The van der Waals surface area contributed by atoms with Gasteiger partial charge in [-0.25, -0.2) is 0 Å². The van der Waals surface area contributed by atoms with Crippen LogP contribution in [0.5, 0.6) is 0 Å². The third-order valence-corrected chi connectivity index (χ3v) is 4.88. The minimum atomic E-state index is 0.0848. The molecule has 4 nitrogen and oxygen atoms in total. The van der Waals surface area contributed by atoms with Crippen molar-refractivity contribution in [2.24, 2.45) is 0 Å². The van der Waals surface area contributed by atoms with Gasteiger partial charge < -0.3 is 14.8 Å². The average Bonchev–Trinajstić information content (AvgIpc) is 3.24. The molecule has 1 aromatic rings. The highest BCUT2D eigenvalue weighted by molar-refractivity contribution is 9.10. The van der Waals surface area contributed by atoms with E-state index in [2.05, 4.69) is 37.6 Å². The SMILES string of the molecule is CCCN1CCC(NC(=O)c2cc(Br)cn2C2CC2)CC1. The molecular weight excluding hydrogens is 330 g/mol. The zero-order valence-electron chi connectivity index (χ0n) is 12.6. The van der Waals surface area contributed by atoms with Gasteiger partial charge in [0, 0.05) is 35.8 Å². The van der Waals surface area contributed by atoms with Crippen LogP contribution in [0.2, 0.25) is 0 Å². The second kappa shape index (κ2) is 6.53. The van der Waals surface area contributed by atoms with Crippen LogP contribution in [-0.2, 0) is 0 Å². The maximum Gasteiger partial charge on any atom is 0.268 e. The lowest BCUT2D eigenvalue weighted by atomic mass is 10.0. The summed E-state index contributed by atoms with van der Waals surface area (Å²) < 4.78 is 3.13. The summed E-state index contributed by atoms with van der Waals surface area (Å²) >= 11 is 3.49. The fraction of sp³-hybridized carbons (Fsp3) is 0.688. The molecule has 5 heteroatoms. The summed E-state index contributed by atoms with van der Waals surface area (Å²) in [6.07, 6.45) is 7.76. The Labute approximate surface area is 135 Å². The predicted octanol–water partition coefficient (Wildman–Crippen LogP) is 3.19. The van der Waals surface area contributed by atoms with Crippen LogP contribution < -0.4 is 5.32 Å². The third-order valence-electron chi connectivity index (χ3n) is 4.45. The number of aromatic nitrogens is 1. The van der Waals surface area contributed by atoms with Crippen molar-refractivity contribution in [2.45, 2.75) is 51.1 Å². The van der Waals surface area contributed by atoms with E-state index in [4.69, 9.17) is 0 Å². The van der Waals surface area contributed by atoms with Crippen molar-refractivity contribution in [1.29, 1.82) is 0 Å². The molecule has 1 saturated heterocycles. The minimum absolute atomic E-state index is 0.0848. The summed E-state index contributed by atoms with van der Waals surface area (Å²) in [6, 6.07) is 2.80. The molecule has 0 atom stereocenters. The summed E-state index contributed by atoms with van der Waals surface area (Å²) in [4.78, 5) is 15.0. The van der Waals surface area contributed by atoms with Crippen molar-refractivity contribution in [3.05, 3.63) is 22.4 Å². The molecule has 0 aromatic carbocycles. The van der Waals surface area contributed by atoms with Crippen LogP contribution in [0.1, 0.15) is 55.6 Å². The van der Waals surface area contributed by atoms with E-state index >= 15 is 0 Å². The van der Waals surface area contributed by atoms with Crippen LogP contribution in [0.4, 0.5) is 0 Å². The van der Waals surface area contributed by atoms with Crippen molar-refractivity contribution in [1.82, 2.24) is 14.8 Å². The molecule has 2 aliphatic rings. The molecule has 1 amide bonds. The topological polar surface area (TPSA) is 37.3 Å². The van der Waals surface area contributed by atoms with Crippen LogP contribution in [0, 0.1) is 0 Å². The number of piperidine rings is 1. The summed E-state index contributed by atoms with van der Waals surface area (Å²) in [6.45, 7) is 5.61. The van der Waals surface area contributed by atoms with Crippen LogP contribution >= 0.6 is 15.9 Å². The van der Waals surface area contributed by atoms with Gasteiger partial charge in [-0.1, -0.05) is 6.92 Å². The lowest BCUT2D eigenvalue weighted by molar-refractivity contribution is 0.0901. The fourth-order valence-corrected chi connectivity index (χ4v) is 3.60. The predicted molar refractivity (Wildman–Crippen MR) is 87.6 cm³/mol. The Balaban J connectivity index is 1.57. The van der Waals surface area contributed by atoms with Crippen LogP contribution in [-0.4, -0.2) is 41.1 Å². The van der Waals surface area contributed by atoms with Gasteiger partial charge >= 0.3 is 0 Å². The average molecular weight is 354 g/mol. The number of amides is 1. The molecule has 2 fully saturated rings. The quantitative estimate of drug-likeness (QED) is 0.882. The third kappa shape index (κ3) is 3.69. The van der Waals surface area contributed by atoms with Gasteiger partial charge in [0.2, 0.25) is 0 Å². The Bertz CT molecular complexity index is 502. The van der Waals surface area contributed by atoms with E-state index in [9.17, 15) is 4.79 Å². The van der Waals surface area contributed by atoms with Crippen molar-refractivity contribution in [3.8, 4) is 0 Å². The first-order valence-corrected chi connectivity index (χ1v) is 8.87. The first-order chi connectivity index (χ1) is 10.2. The number of halogens is 1. The number of likely N-dealkylation sites (tertiary alicyclic amines) is 1. The molecule has 116 valence electrons. The Morgan fingerprint density at radius 1 is 1.33 bits per heavy atom. The number of carbonyl (C=O) groups is 1. The first-order valence-electron chi connectivity index (χ1n) is 8.08. The van der Waals surface area contributed by atoms with Crippen molar-refractivity contribution in [3.63, 3.8) is 0 Å². The van der Waals surface area contributed by atoms with Crippen molar-refractivity contribution < 1.29 is 4.79 Å². The highest BCUT2D eigenvalue weighted by Gasteiger charge is 2.29. The number of nitrogens with zero attached hydrogens (tertiary/aromatic N) is 2. The number of hydrogen-bond acceptors (Lipinski definition) is 2. The van der Waals surface area contributed by atoms with Gasteiger partial charge in [0.05, 0.1) is 0 Å². The van der Waals surface area contributed by atoms with Gasteiger partial charge in [0.1, 0.15) is 5.69 Å². The first kappa shape index (κ1) is 15.1. The molecule has 0 spiro atoms. The highest BCUT2D eigenvalue weighted by Crippen LogP contribution is 2.37. The maximum absolute atomic E-state index is 12.5. The Morgan fingerprint density at radius 2 is 2.05 bits per heavy atom. The smallest absolute Gasteiger partial charge is 0.268 e. The normalized spacial score (nSPS) is 20.7. The van der Waals surface area contributed by atoms with E-state index in [1.807, 2.05) is 12.3 Å². The van der Waals surface area contributed by atoms with Gasteiger partial charge in [-0.15, -0.1) is 0 Å². The molecule has 1 aliphatic heterocycles. The molecule has 0 bridgehead atoms. The van der Waals surface area contributed by atoms with Crippen molar-refractivity contribution in [2.75, 3.05) is 19.6 Å². The molecule has 0 radical (unpaired) electrons. The lowest BCUT2D eigenvalue weighted by Gasteiger charge is -2.32. The molecular formula is C16H24BrN3O. The van der Waals surface area contributed by atoms with E-state index < -0.39 is 0 Å². The van der Waals surface area contributed by atoms with Crippen LogP contribution in [0.3, 0.4) is 0 Å². The Hall–Kier alpha value is -0.810. The Morgan fingerprint density at radius 3 is 2.67 bits per heavy atom. The van der Waals surface area contributed by atoms with Crippen LogP contribution in [0.25, 0.3) is 0 Å². The second-order valence-electron chi connectivity index (χ2n) is 6.27. The van der Waals surface area contributed by atoms with Gasteiger partial charge in [0.15, 0.2) is 0 Å². The van der Waals surface area contributed by atoms with E-state index in [1.165, 1.54) is 25.8 Å². The lowest BCUT2D eigenvalue weighted by Crippen LogP contribution is -2.45. The monoisotopic (exact) mass is 353 g/mol. The summed E-state index contributed by atoms with van der Waals surface area (Å²) in [5.41, 5.74) is 0.806. The molecule has 21 heavy (non-hydrogen) atoms. The van der Waals surface area contributed by atoms with Gasteiger partial charge in [-0.3, -0.25) is 4.79 Å². The zero-order chi connectivity index (χ0) is 14.8. The van der Waals surface area contributed by atoms with E-state index in [1.54, 1.807) is 0 Å². The van der Waals surface area contributed by atoms with E-state index in [-0.39, 0.29) is 5.91 Å². The van der Waals surface area contributed by atoms with Gasteiger partial charge in [-0.2, -0.15) is 0 Å². The van der Waals surface area contributed by atoms with E-state index in [0.29, 0.717) is 12.1 Å². The minimum Gasteiger partial charge on any atom is -0.348 e. The number of carbonyl (C=O) groups excluding carboxylic acids is 1. The molecule has 1 saturated carbocycles. The molecule has 1 N–H and O–H groups in total. The number of nitrogens with one attached hydrogen (secondary N) is 1. The maximum atomic E-state index is 12.5. The Kier molecular flexibility index (Phi) is 4.69. The van der Waals surface area contributed by atoms with Crippen LogP contribution in [0.15, 0.2) is 16.7 Å². The second-order valence-corrected chi connectivity index (χ2v) is 7.19. The zero-order valence-corrected chi connectivity index (χ0v) is 14.2. The number of hydrogen-bond donors (Lipinski definition) is 1. The summed E-state index contributed by atoms with van der Waals surface area (Å²) in [5, 5.41) is 3.23. The van der Waals surface area contributed by atoms with Crippen molar-refractivity contribution >= 4 is 21.8 Å².